The number of amides is 1. The third-order valence-corrected chi connectivity index (χ3v) is 5.55. The first kappa shape index (κ1) is 18.9. The first-order valence-electron chi connectivity index (χ1n) is 8.55. The summed E-state index contributed by atoms with van der Waals surface area (Å²) in [6.45, 7) is 5.36. The highest BCUT2D eigenvalue weighted by Gasteiger charge is 2.23. The molecule has 1 N–H and O–H groups in total. The van der Waals surface area contributed by atoms with Gasteiger partial charge in [-0.2, -0.15) is 0 Å². The Balaban J connectivity index is 1.73. The largest absolute Gasteiger partial charge is 0.495 e. The minimum absolute atomic E-state index is 0.411. The first-order chi connectivity index (χ1) is 12.9. The number of anilines is 1. The van der Waals surface area contributed by atoms with Crippen molar-refractivity contribution in [1.29, 1.82) is 0 Å². The summed E-state index contributed by atoms with van der Waals surface area (Å²) in [6, 6.07) is 13.3. The van der Waals surface area contributed by atoms with Crippen LogP contribution in [-0.2, 0) is 9.53 Å². The van der Waals surface area contributed by atoms with Gasteiger partial charge in [-0.3, -0.25) is 4.79 Å². The smallest absolute Gasteiger partial charge is 0.349 e. The first-order valence-corrected chi connectivity index (χ1v) is 9.37. The number of nitrogens with one attached hydrogen (secondary N) is 1. The normalized spacial score (nSPS) is 11.9. The van der Waals surface area contributed by atoms with E-state index in [1.165, 1.54) is 18.4 Å². The van der Waals surface area contributed by atoms with Crippen LogP contribution in [0.1, 0.15) is 27.7 Å². The van der Waals surface area contributed by atoms with Crippen LogP contribution in [-0.4, -0.2) is 25.1 Å². The highest BCUT2D eigenvalue weighted by atomic mass is 32.1. The molecule has 2 aromatic carbocycles. The fraction of sp³-hybridized carbons (Fsp3) is 0.238. The molecule has 0 saturated heterocycles. The maximum atomic E-state index is 12.6. The Kier molecular flexibility index (Phi) is 5.46. The molecule has 6 heteroatoms. The molecule has 3 rings (SSSR count). The Morgan fingerprint density at radius 3 is 2.56 bits per heavy atom. The van der Waals surface area contributed by atoms with Gasteiger partial charge in [0.2, 0.25) is 0 Å². The van der Waals surface area contributed by atoms with Crippen LogP contribution in [0, 0.1) is 13.8 Å². The average Bonchev–Trinajstić information content (AvgIpc) is 2.99. The zero-order valence-corrected chi connectivity index (χ0v) is 16.5. The standard InChI is InChI=1S/C21H21NO4S/c1-12-9-10-17(25-4)16(11-12)22-20(23)14(3)26-21(24)19-13(2)15-7-5-6-8-18(15)27-19/h5-11,14H,1-4H3,(H,22,23)/t14-/m0/s1. The van der Waals surface area contributed by atoms with Gasteiger partial charge in [-0.1, -0.05) is 24.3 Å². The summed E-state index contributed by atoms with van der Waals surface area (Å²) < 4.78 is 11.7. The fourth-order valence-electron chi connectivity index (χ4n) is 2.79. The van der Waals surface area contributed by atoms with Crippen molar-refractivity contribution in [3.05, 3.63) is 58.5 Å². The van der Waals surface area contributed by atoms with Gasteiger partial charge in [0.05, 0.1) is 12.8 Å². The van der Waals surface area contributed by atoms with Crippen LogP contribution in [0.25, 0.3) is 10.1 Å². The number of ether oxygens (including phenoxy) is 2. The Hall–Kier alpha value is -2.86. The van der Waals surface area contributed by atoms with E-state index in [1.807, 2.05) is 44.2 Å². The molecule has 0 aliphatic carbocycles. The van der Waals surface area contributed by atoms with Crippen molar-refractivity contribution in [2.24, 2.45) is 0 Å². The molecule has 0 radical (unpaired) electrons. The topological polar surface area (TPSA) is 64.6 Å². The predicted octanol–water partition coefficient (Wildman–Crippen LogP) is 4.71. The average molecular weight is 383 g/mol. The minimum atomic E-state index is -0.938. The Morgan fingerprint density at radius 1 is 1.11 bits per heavy atom. The molecule has 1 aromatic heterocycles. The molecule has 1 amide bonds. The zero-order valence-electron chi connectivity index (χ0n) is 15.7. The fourth-order valence-corrected chi connectivity index (χ4v) is 3.88. The van der Waals surface area contributed by atoms with Gasteiger partial charge in [-0.15, -0.1) is 11.3 Å². The summed E-state index contributed by atoms with van der Waals surface area (Å²) in [5.41, 5.74) is 2.40. The minimum Gasteiger partial charge on any atom is -0.495 e. The summed E-state index contributed by atoms with van der Waals surface area (Å²) in [6.07, 6.45) is -0.938. The van der Waals surface area contributed by atoms with E-state index in [0.29, 0.717) is 16.3 Å². The van der Waals surface area contributed by atoms with Crippen molar-refractivity contribution < 1.29 is 19.1 Å². The number of carbonyl (C=O) groups is 2. The number of thiophene rings is 1. The molecule has 0 aliphatic rings. The number of carbonyl (C=O) groups excluding carboxylic acids is 2. The molecule has 0 aliphatic heterocycles. The molecule has 0 unspecified atom stereocenters. The number of rotatable bonds is 5. The number of hydrogen-bond donors (Lipinski definition) is 1. The summed E-state index contributed by atoms with van der Waals surface area (Å²) in [4.78, 5) is 25.6. The lowest BCUT2D eigenvalue weighted by Gasteiger charge is -2.15. The number of hydrogen-bond acceptors (Lipinski definition) is 5. The second-order valence-electron chi connectivity index (χ2n) is 6.29. The van der Waals surface area contributed by atoms with Crippen LogP contribution >= 0.6 is 11.3 Å². The van der Waals surface area contributed by atoms with Crippen molar-refractivity contribution in [3.63, 3.8) is 0 Å². The lowest BCUT2D eigenvalue weighted by atomic mass is 10.1. The van der Waals surface area contributed by atoms with Gasteiger partial charge in [0.15, 0.2) is 6.10 Å². The van der Waals surface area contributed by atoms with Gasteiger partial charge >= 0.3 is 5.97 Å². The number of esters is 1. The number of benzene rings is 2. The quantitative estimate of drug-likeness (QED) is 0.648. The predicted molar refractivity (Wildman–Crippen MR) is 108 cm³/mol. The highest BCUT2D eigenvalue weighted by molar-refractivity contribution is 7.21. The molecule has 1 atom stereocenters. The van der Waals surface area contributed by atoms with E-state index in [4.69, 9.17) is 9.47 Å². The third kappa shape index (κ3) is 3.95. The SMILES string of the molecule is COc1ccc(C)cc1NC(=O)[C@H](C)OC(=O)c1sc2ccccc2c1C. The van der Waals surface area contributed by atoms with E-state index in [2.05, 4.69) is 5.32 Å². The van der Waals surface area contributed by atoms with E-state index in [1.54, 1.807) is 19.1 Å². The molecular formula is C21H21NO4S. The van der Waals surface area contributed by atoms with E-state index in [9.17, 15) is 9.59 Å². The molecule has 3 aromatic rings. The van der Waals surface area contributed by atoms with Gasteiger partial charge in [-0.25, -0.2) is 4.79 Å². The molecular weight excluding hydrogens is 362 g/mol. The number of fused-ring (bicyclic) bond motifs is 1. The molecule has 1 heterocycles. The molecule has 27 heavy (non-hydrogen) atoms. The van der Waals surface area contributed by atoms with Crippen molar-refractivity contribution in [3.8, 4) is 5.75 Å². The lowest BCUT2D eigenvalue weighted by molar-refractivity contribution is -0.123. The number of methoxy groups -OCH3 is 1. The zero-order chi connectivity index (χ0) is 19.6. The van der Waals surface area contributed by atoms with Crippen LogP contribution in [0.2, 0.25) is 0 Å². The van der Waals surface area contributed by atoms with Gasteiger partial charge < -0.3 is 14.8 Å². The van der Waals surface area contributed by atoms with E-state index in [-0.39, 0.29) is 0 Å². The molecule has 5 nitrogen and oxygen atoms in total. The Bertz CT molecular complexity index is 1010. The summed E-state index contributed by atoms with van der Waals surface area (Å²) in [5.74, 6) is -0.355. The van der Waals surface area contributed by atoms with Gasteiger partial charge in [0, 0.05) is 4.70 Å². The summed E-state index contributed by atoms with van der Waals surface area (Å²) >= 11 is 1.37. The van der Waals surface area contributed by atoms with E-state index in [0.717, 1.165) is 21.2 Å². The monoisotopic (exact) mass is 383 g/mol. The number of aryl methyl sites for hydroxylation is 2. The lowest BCUT2D eigenvalue weighted by Crippen LogP contribution is -2.30. The molecule has 0 spiro atoms. The van der Waals surface area contributed by atoms with E-state index >= 15 is 0 Å². The maximum absolute atomic E-state index is 12.6. The molecule has 0 saturated carbocycles. The van der Waals surface area contributed by atoms with E-state index < -0.39 is 18.0 Å². The van der Waals surface area contributed by atoms with Crippen molar-refractivity contribution in [2.75, 3.05) is 12.4 Å². The molecule has 140 valence electrons. The Morgan fingerprint density at radius 2 is 1.85 bits per heavy atom. The van der Waals surface area contributed by atoms with Crippen LogP contribution in [0.15, 0.2) is 42.5 Å². The van der Waals surface area contributed by atoms with Crippen molar-refractivity contribution >= 4 is 39.0 Å². The highest BCUT2D eigenvalue weighted by Crippen LogP contribution is 2.31. The van der Waals surface area contributed by atoms with Crippen LogP contribution in [0.3, 0.4) is 0 Å². The van der Waals surface area contributed by atoms with Gasteiger partial charge in [-0.05, 0) is 55.5 Å². The summed E-state index contributed by atoms with van der Waals surface area (Å²) in [5, 5.41) is 3.79. The molecule has 0 fully saturated rings. The van der Waals surface area contributed by atoms with Gasteiger partial charge in [0.25, 0.3) is 5.91 Å². The summed E-state index contributed by atoms with van der Waals surface area (Å²) in [7, 11) is 1.54. The van der Waals surface area contributed by atoms with Crippen LogP contribution < -0.4 is 10.1 Å². The maximum Gasteiger partial charge on any atom is 0.349 e. The van der Waals surface area contributed by atoms with Gasteiger partial charge in [0.1, 0.15) is 10.6 Å². The Labute approximate surface area is 161 Å². The van der Waals surface area contributed by atoms with Crippen LogP contribution in [0.5, 0.6) is 5.75 Å². The second-order valence-corrected chi connectivity index (χ2v) is 7.35. The third-order valence-electron chi connectivity index (χ3n) is 4.29. The molecule has 0 bridgehead atoms. The van der Waals surface area contributed by atoms with Crippen LogP contribution in [0.4, 0.5) is 5.69 Å². The van der Waals surface area contributed by atoms with Crippen molar-refractivity contribution in [1.82, 2.24) is 0 Å². The second kappa shape index (κ2) is 7.80. The van der Waals surface area contributed by atoms with Crippen molar-refractivity contribution in [2.45, 2.75) is 26.9 Å².